The molecule has 0 radical (unpaired) electrons. The first-order valence-electron chi connectivity index (χ1n) is 2.94. The second kappa shape index (κ2) is 3.33. The SMILES string of the molecule is N#CCCc1ccc(F)s1. The number of halogens is 1. The van der Waals surface area contributed by atoms with Crippen molar-refractivity contribution in [3.8, 4) is 6.07 Å². The van der Waals surface area contributed by atoms with Gasteiger partial charge in [0.15, 0.2) is 5.13 Å². The molecule has 0 bridgehead atoms. The standard InChI is InChI=1S/C7H6FNS/c8-7-4-3-6(10-7)2-1-5-9/h3-4H,1-2H2. The van der Waals surface area contributed by atoms with E-state index < -0.39 is 0 Å². The highest BCUT2D eigenvalue weighted by Crippen LogP contribution is 2.15. The third-order valence-corrected chi connectivity index (χ3v) is 2.05. The van der Waals surface area contributed by atoms with Crippen LogP contribution in [-0.4, -0.2) is 0 Å². The molecule has 1 aromatic rings. The van der Waals surface area contributed by atoms with E-state index in [-0.39, 0.29) is 5.13 Å². The van der Waals surface area contributed by atoms with E-state index >= 15 is 0 Å². The van der Waals surface area contributed by atoms with Crippen molar-refractivity contribution in [2.75, 3.05) is 0 Å². The molecule has 0 saturated heterocycles. The number of hydrogen-bond donors (Lipinski definition) is 0. The Morgan fingerprint density at radius 2 is 2.40 bits per heavy atom. The number of rotatable bonds is 2. The maximum absolute atomic E-state index is 12.3. The summed E-state index contributed by atoms with van der Waals surface area (Å²) < 4.78 is 12.3. The summed E-state index contributed by atoms with van der Waals surface area (Å²) in [5.74, 6) is 0. The van der Waals surface area contributed by atoms with Gasteiger partial charge in [-0.1, -0.05) is 0 Å². The molecule has 0 amide bonds. The second-order valence-electron chi connectivity index (χ2n) is 1.86. The minimum absolute atomic E-state index is 0.173. The Morgan fingerprint density at radius 3 is 2.90 bits per heavy atom. The molecular formula is C7H6FNS. The van der Waals surface area contributed by atoms with Gasteiger partial charge < -0.3 is 0 Å². The van der Waals surface area contributed by atoms with Gasteiger partial charge in [-0.25, -0.2) is 0 Å². The van der Waals surface area contributed by atoms with E-state index in [9.17, 15) is 4.39 Å². The topological polar surface area (TPSA) is 23.8 Å². The molecule has 10 heavy (non-hydrogen) atoms. The lowest BCUT2D eigenvalue weighted by atomic mass is 10.3. The number of nitrogens with zero attached hydrogens (tertiary/aromatic N) is 1. The van der Waals surface area contributed by atoms with E-state index in [1.807, 2.05) is 6.07 Å². The Balaban J connectivity index is 2.52. The van der Waals surface area contributed by atoms with E-state index in [1.54, 1.807) is 6.07 Å². The minimum Gasteiger partial charge on any atom is -0.198 e. The molecule has 0 aliphatic rings. The van der Waals surface area contributed by atoms with Gasteiger partial charge in [-0.2, -0.15) is 9.65 Å². The van der Waals surface area contributed by atoms with Crippen LogP contribution in [0.5, 0.6) is 0 Å². The van der Waals surface area contributed by atoms with Crippen LogP contribution in [0.25, 0.3) is 0 Å². The van der Waals surface area contributed by atoms with Crippen LogP contribution in [0, 0.1) is 16.5 Å². The summed E-state index contributed by atoms with van der Waals surface area (Å²) in [7, 11) is 0. The molecular weight excluding hydrogens is 149 g/mol. The normalized spacial score (nSPS) is 9.20. The zero-order chi connectivity index (χ0) is 7.40. The molecule has 0 aliphatic heterocycles. The average Bonchev–Trinajstić information content (AvgIpc) is 2.31. The summed E-state index contributed by atoms with van der Waals surface area (Å²) in [6.07, 6.45) is 1.14. The number of nitriles is 1. The van der Waals surface area contributed by atoms with E-state index in [0.717, 1.165) is 16.2 Å². The van der Waals surface area contributed by atoms with Crippen molar-refractivity contribution in [2.45, 2.75) is 12.8 Å². The third kappa shape index (κ3) is 1.82. The van der Waals surface area contributed by atoms with E-state index in [4.69, 9.17) is 5.26 Å². The van der Waals surface area contributed by atoms with Gasteiger partial charge in [0, 0.05) is 11.3 Å². The molecule has 0 atom stereocenters. The lowest BCUT2D eigenvalue weighted by molar-refractivity contribution is 0.657. The Morgan fingerprint density at radius 1 is 1.60 bits per heavy atom. The predicted molar refractivity (Wildman–Crippen MR) is 38.2 cm³/mol. The highest BCUT2D eigenvalue weighted by atomic mass is 32.1. The summed E-state index contributed by atoms with van der Waals surface area (Å²) >= 11 is 1.11. The monoisotopic (exact) mass is 155 g/mol. The number of thiophene rings is 1. The van der Waals surface area contributed by atoms with E-state index in [0.29, 0.717) is 12.8 Å². The van der Waals surface area contributed by atoms with Gasteiger partial charge in [0.05, 0.1) is 6.07 Å². The quantitative estimate of drug-likeness (QED) is 0.643. The van der Waals surface area contributed by atoms with Crippen LogP contribution in [0.15, 0.2) is 12.1 Å². The fraction of sp³-hybridized carbons (Fsp3) is 0.286. The van der Waals surface area contributed by atoms with Crippen LogP contribution in [0.1, 0.15) is 11.3 Å². The summed E-state index contributed by atoms with van der Waals surface area (Å²) in [5, 5.41) is 8.02. The molecule has 0 aromatic carbocycles. The smallest absolute Gasteiger partial charge is 0.176 e. The summed E-state index contributed by atoms with van der Waals surface area (Å²) in [6.45, 7) is 0. The fourth-order valence-corrected chi connectivity index (χ4v) is 1.39. The molecule has 0 spiro atoms. The van der Waals surface area contributed by atoms with Crippen molar-refractivity contribution >= 4 is 11.3 Å². The molecule has 52 valence electrons. The molecule has 1 nitrogen and oxygen atoms in total. The molecule has 0 fully saturated rings. The van der Waals surface area contributed by atoms with Gasteiger partial charge in [0.1, 0.15) is 0 Å². The van der Waals surface area contributed by atoms with Crippen LogP contribution in [-0.2, 0) is 6.42 Å². The molecule has 1 rings (SSSR count). The van der Waals surface area contributed by atoms with Gasteiger partial charge in [0.25, 0.3) is 0 Å². The molecule has 1 aromatic heterocycles. The van der Waals surface area contributed by atoms with Crippen molar-refractivity contribution < 1.29 is 4.39 Å². The molecule has 3 heteroatoms. The summed E-state index contributed by atoms with van der Waals surface area (Å²) in [6, 6.07) is 5.16. The maximum atomic E-state index is 12.3. The van der Waals surface area contributed by atoms with Crippen LogP contribution < -0.4 is 0 Å². The lowest BCUT2D eigenvalue weighted by Gasteiger charge is -1.84. The first-order valence-corrected chi connectivity index (χ1v) is 3.76. The van der Waals surface area contributed by atoms with Crippen LogP contribution in [0.3, 0.4) is 0 Å². The van der Waals surface area contributed by atoms with Gasteiger partial charge in [0.2, 0.25) is 0 Å². The zero-order valence-corrected chi connectivity index (χ0v) is 6.12. The third-order valence-electron chi connectivity index (χ3n) is 1.11. The van der Waals surface area contributed by atoms with Crippen molar-refractivity contribution in [3.63, 3.8) is 0 Å². The van der Waals surface area contributed by atoms with Crippen LogP contribution in [0.4, 0.5) is 4.39 Å². The van der Waals surface area contributed by atoms with Crippen molar-refractivity contribution in [1.82, 2.24) is 0 Å². The first kappa shape index (κ1) is 7.23. The maximum Gasteiger partial charge on any atom is 0.176 e. The fourth-order valence-electron chi connectivity index (χ4n) is 0.665. The van der Waals surface area contributed by atoms with E-state index in [1.165, 1.54) is 6.07 Å². The van der Waals surface area contributed by atoms with Crippen molar-refractivity contribution in [1.29, 1.82) is 5.26 Å². The minimum atomic E-state index is -0.173. The summed E-state index contributed by atoms with van der Waals surface area (Å²) in [4.78, 5) is 0.944. The van der Waals surface area contributed by atoms with Crippen LogP contribution >= 0.6 is 11.3 Å². The Bertz CT molecular complexity index is 248. The number of hydrogen-bond acceptors (Lipinski definition) is 2. The van der Waals surface area contributed by atoms with Gasteiger partial charge in [-0.05, 0) is 18.6 Å². The first-order chi connectivity index (χ1) is 4.83. The van der Waals surface area contributed by atoms with Gasteiger partial charge >= 0.3 is 0 Å². The van der Waals surface area contributed by atoms with E-state index in [2.05, 4.69) is 0 Å². The highest BCUT2D eigenvalue weighted by molar-refractivity contribution is 7.10. The number of aryl methyl sites for hydroxylation is 1. The predicted octanol–water partition coefficient (Wildman–Crippen LogP) is 2.34. The zero-order valence-electron chi connectivity index (χ0n) is 5.30. The summed E-state index contributed by atoms with van der Waals surface area (Å²) in [5.41, 5.74) is 0. The van der Waals surface area contributed by atoms with Crippen molar-refractivity contribution in [3.05, 3.63) is 22.1 Å². The van der Waals surface area contributed by atoms with Crippen LogP contribution in [0.2, 0.25) is 0 Å². The van der Waals surface area contributed by atoms with Gasteiger partial charge in [-0.3, -0.25) is 0 Å². The van der Waals surface area contributed by atoms with Crippen molar-refractivity contribution in [2.24, 2.45) is 0 Å². The molecule has 1 heterocycles. The largest absolute Gasteiger partial charge is 0.198 e. The Kier molecular flexibility index (Phi) is 2.41. The molecule has 0 saturated carbocycles. The Hall–Kier alpha value is -0.880. The average molecular weight is 155 g/mol. The molecule has 0 unspecified atom stereocenters. The van der Waals surface area contributed by atoms with Gasteiger partial charge in [-0.15, -0.1) is 11.3 Å². The molecule has 0 aliphatic carbocycles. The second-order valence-corrected chi connectivity index (χ2v) is 2.98. The molecule has 0 N–H and O–H groups in total. The lowest BCUT2D eigenvalue weighted by Crippen LogP contribution is -1.74. The Labute approximate surface area is 62.7 Å². The highest BCUT2D eigenvalue weighted by Gasteiger charge is 1.96.